The number of carboxylic acids is 1. The minimum Gasteiger partial charge on any atom is -0.481 e. The third kappa shape index (κ3) is 15.1. The lowest BCUT2D eigenvalue weighted by Crippen LogP contribution is -2.23. The number of Topliss-reactive ketones (excluding diaryl/α,β-unsaturated/α-hetero) is 1. The Morgan fingerprint density at radius 3 is 1.29 bits per heavy atom. The van der Waals surface area contributed by atoms with Crippen molar-refractivity contribution in [2.45, 2.75) is 128 Å². The maximum Gasteiger partial charge on any atom is 0.314 e. The Kier molecular flexibility index (Phi) is 18.0. The molecule has 0 saturated carbocycles. The van der Waals surface area contributed by atoms with Gasteiger partial charge in [-0.2, -0.15) is 0 Å². The Morgan fingerprint density at radius 1 is 0.500 bits per heavy atom. The van der Waals surface area contributed by atoms with Crippen LogP contribution in [0.1, 0.15) is 138 Å². The van der Waals surface area contributed by atoms with E-state index in [0.29, 0.717) is 12.0 Å². The van der Waals surface area contributed by atoms with Crippen LogP contribution in [-0.4, -0.2) is 16.9 Å². The van der Waals surface area contributed by atoms with Gasteiger partial charge in [-0.1, -0.05) is 170 Å². The van der Waals surface area contributed by atoms with E-state index in [1.54, 1.807) is 24.3 Å². The second-order valence-electron chi connectivity index (χ2n) is 11.0. The summed E-state index contributed by atoms with van der Waals surface area (Å²) >= 11 is 0. The van der Waals surface area contributed by atoms with Gasteiger partial charge in [0.2, 0.25) is 0 Å². The Morgan fingerprint density at radius 2 is 0.868 bits per heavy atom. The lowest BCUT2D eigenvalue weighted by Gasteiger charge is -2.11. The van der Waals surface area contributed by atoms with Gasteiger partial charge in [-0.3, -0.25) is 9.59 Å². The van der Waals surface area contributed by atoms with E-state index < -0.39 is 11.9 Å². The zero-order valence-electron chi connectivity index (χ0n) is 23.8. The summed E-state index contributed by atoms with van der Waals surface area (Å²) in [6.07, 6.45) is 25.0. The second kappa shape index (κ2) is 21.5. The minimum absolute atomic E-state index is 0.261. The zero-order chi connectivity index (χ0) is 27.1. The normalized spacial score (nSPS) is 11.9. The molecule has 0 bridgehead atoms. The highest BCUT2D eigenvalue weighted by molar-refractivity contribution is 6.08. The molecule has 2 aromatic carbocycles. The van der Waals surface area contributed by atoms with Crippen LogP contribution < -0.4 is 0 Å². The van der Waals surface area contributed by atoms with Crippen LogP contribution in [0.5, 0.6) is 0 Å². The minimum atomic E-state index is -0.996. The van der Waals surface area contributed by atoms with E-state index in [1.807, 2.05) is 6.07 Å². The van der Waals surface area contributed by atoms with Gasteiger partial charge in [-0.25, -0.2) is 0 Å². The molecular weight excluding hydrogens is 468 g/mol. The van der Waals surface area contributed by atoms with Crippen molar-refractivity contribution >= 4 is 11.8 Å². The molecular formula is C35H52O3. The molecule has 2 rings (SSSR count). The van der Waals surface area contributed by atoms with Crippen molar-refractivity contribution in [3.63, 3.8) is 0 Å². The summed E-state index contributed by atoms with van der Waals surface area (Å²) in [5.41, 5.74) is 1.98. The summed E-state index contributed by atoms with van der Waals surface area (Å²) in [5.74, 6) is -2.17. The van der Waals surface area contributed by atoms with E-state index in [9.17, 15) is 14.7 Å². The van der Waals surface area contributed by atoms with Gasteiger partial charge in [-0.05, 0) is 24.8 Å². The van der Waals surface area contributed by atoms with Gasteiger partial charge >= 0.3 is 5.97 Å². The number of hydrogen-bond acceptors (Lipinski definition) is 2. The number of rotatable bonds is 24. The summed E-state index contributed by atoms with van der Waals surface area (Å²) < 4.78 is 0. The first-order chi connectivity index (χ1) is 18.7. The van der Waals surface area contributed by atoms with Gasteiger partial charge in [0.1, 0.15) is 5.92 Å². The molecule has 0 radical (unpaired) electrons. The monoisotopic (exact) mass is 520 g/mol. The molecule has 1 unspecified atom stereocenters. The first-order valence-electron chi connectivity index (χ1n) is 15.5. The summed E-state index contributed by atoms with van der Waals surface area (Å²) in [6.45, 7) is 0. The summed E-state index contributed by atoms with van der Waals surface area (Å²) in [6, 6.07) is 19.7. The molecule has 0 amide bonds. The second-order valence-corrected chi connectivity index (χ2v) is 11.0. The fourth-order valence-electron chi connectivity index (χ4n) is 5.32. The highest BCUT2D eigenvalue weighted by Gasteiger charge is 2.26. The molecule has 0 aromatic heterocycles. The molecule has 1 N–H and O–H groups in total. The van der Waals surface area contributed by atoms with E-state index >= 15 is 0 Å². The van der Waals surface area contributed by atoms with Gasteiger partial charge in [0.15, 0.2) is 5.78 Å². The predicted octanol–water partition coefficient (Wildman–Crippen LogP) is 10.2. The van der Waals surface area contributed by atoms with E-state index in [1.165, 1.54) is 108 Å². The summed E-state index contributed by atoms with van der Waals surface area (Å²) in [7, 11) is 0. The fraction of sp³-hybridized carbons (Fsp3) is 0.600. The SMILES string of the molecule is O=C(O)C(CCCCCCCCCCCCCCCCCCCCc1ccccc1)C(=O)c1ccccc1. The van der Waals surface area contributed by atoms with Crippen molar-refractivity contribution < 1.29 is 14.7 Å². The van der Waals surface area contributed by atoms with E-state index in [-0.39, 0.29) is 5.78 Å². The Hall–Kier alpha value is -2.42. The molecule has 38 heavy (non-hydrogen) atoms. The maximum atomic E-state index is 12.5. The van der Waals surface area contributed by atoms with Crippen LogP contribution in [0, 0.1) is 5.92 Å². The van der Waals surface area contributed by atoms with Gasteiger partial charge in [-0.15, -0.1) is 0 Å². The van der Waals surface area contributed by atoms with Gasteiger partial charge in [0.25, 0.3) is 0 Å². The van der Waals surface area contributed by atoms with Crippen LogP contribution in [0.3, 0.4) is 0 Å². The van der Waals surface area contributed by atoms with Gasteiger partial charge < -0.3 is 5.11 Å². The lowest BCUT2D eigenvalue weighted by molar-refractivity contribution is -0.140. The van der Waals surface area contributed by atoms with Crippen LogP contribution >= 0.6 is 0 Å². The zero-order valence-corrected chi connectivity index (χ0v) is 23.8. The number of carbonyl (C=O) groups is 2. The molecule has 3 heteroatoms. The van der Waals surface area contributed by atoms with Crippen molar-refractivity contribution in [1.82, 2.24) is 0 Å². The number of aryl methyl sites for hydroxylation is 1. The van der Waals surface area contributed by atoms with Crippen LogP contribution in [0.2, 0.25) is 0 Å². The molecule has 210 valence electrons. The molecule has 0 aliphatic carbocycles. The van der Waals surface area contributed by atoms with Crippen molar-refractivity contribution in [1.29, 1.82) is 0 Å². The number of benzene rings is 2. The Labute approximate surface area is 232 Å². The number of aliphatic carboxylic acids is 1. The first-order valence-corrected chi connectivity index (χ1v) is 15.5. The average molecular weight is 521 g/mol. The first kappa shape index (κ1) is 31.8. The third-order valence-corrected chi connectivity index (χ3v) is 7.72. The molecule has 0 aliphatic rings. The number of carbonyl (C=O) groups excluding carboxylic acids is 1. The van der Waals surface area contributed by atoms with Crippen molar-refractivity contribution in [2.24, 2.45) is 5.92 Å². The maximum absolute atomic E-state index is 12.5. The van der Waals surface area contributed by atoms with E-state index in [4.69, 9.17) is 0 Å². The van der Waals surface area contributed by atoms with Crippen LogP contribution in [0.25, 0.3) is 0 Å². The van der Waals surface area contributed by atoms with Crippen LogP contribution in [-0.2, 0) is 11.2 Å². The smallest absolute Gasteiger partial charge is 0.314 e. The quantitative estimate of drug-likeness (QED) is 0.0851. The molecule has 0 heterocycles. The molecule has 3 nitrogen and oxygen atoms in total. The topological polar surface area (TPSA) is 54.4 Å². The predicted molar refractivity (Wildman–Crippen MR) is 160 cm³/mol. The standard InChI is InChI=1S/C35H52O3/c36-34(32-28-22-18-23-29-32)33(35(37)38)30-24-16-14-12-10-8-6-4-2-1-3-5-7-9-11-13-15-19-25-31-26-20-17-21-27-31/h17-18,20-23,26-29,33H,1-16,19,24-25,30H2,(H,37,38). The number of hydrogen-bond donors (Lipinski definition) is 1. The Bertz CT molecular complexity index is 846. The van der Waals surface area contributed by atoms with Crippen LogP contribution in [0.15, 0.2) is 60.7 Å². The van der Waals surface area contributed by atoms with Crippen molar-refractivity contribution in [3.8, 4) is 0 Å². The van der Waals surface area contributed by atoms with Crippen molar-refractivity contribution in [2.75, 3.05) is 0 Å². The third-order valence-electron chi connectivity index (χ3n) is 7.72. The largest absolute Gasteiger partial charge is 0.481 e. The lowest BCUT2D eigenvalue weighted by atomic mass is 9.92. The fourth-order valence-corrected chi connectivity index (χ4v) is 5.32. The summed E-state index contributed by atoms with van der Waals surface area (Å²) in [5, 5.41) is 9.47. The number of ketones is 1. The van der Waals surface area contributed by atoms with Crippen LogP contribution in [0.4, 0.5) is 0 Å². The van der Waals surface area contributed by atoms with Gasteiger partial charge in [0, 0.05) is 5.56 Å². The average Bonchev–Trinajstić information content (AvgIpc) is 2.94. The van der Waals surface area contributed by atoms with Crippen molar-refractivity contribution in [3.05, 3.63) is 71.8 Å². The molecule has 0 fully saturated rings. The van der Waals surface area contributed by atoms with Gasteiger partial charge in [0.05, 0.1) is 0 Å². The molecule has 1 atom stereocenters. The molecule has 0 saturated heterocycles. The number of unbranched alkanes of at least 4 members (excludes halogenated alkanes) is 17. The molecule has 0 aliphatic heterocycles. The molecule has 0 spiro atoms. The number of carboxylic acid groups (broad SMARTS) is 1. The van der Waals surface area contributed by atoms with E-state index in [0.717, 1.165) is 19.3 Å². The highest BCUT2D eigenvalue weighted by atomic mass is 16.4. The molecule has 2 aromatic rings. The van der Waals surface area contributed by atoms with E-state index in [2.05, 4.69) is 30.3 Å². The summed E-state index contributed by atoms with van der Waals surface area (Å²) in [4.78, 5) is 24.0. The Balaban J connectivity index is 1.30. The highest BCUT2D eigenvalue weighted by Crippen LogP contribution is 2.19.